The SMILES string of the molecule is O=C(OC[C@@H]1O[C@H](Oc2cc(O)c3c(c2)O[C@H](c2ccc(O)c(O)c2)CC3=O)[C@H](O)[C@@H](O)[C@@H]1O)c1cc(O)c(O)c(O)c1. The van der Waals surface area contributed by atoms with Crippen LogP contribution in [0.5, 0.6) is 46.0 Å². The Morgan fingerprint density at radius 3 is 2.19 bits per heavy atom. The minimum Gasteiger partial charge on any atom is -0.507 e. The summed E-state index contributed by atoms with van der Waals surface area (Å²) in [4.78, 5) is 25.2. The normalized spacial score (nSPS) is 25.0. The lowest BCUT2D eigenvalue weighted by Crippen LogP contribution is -2.60. The quantitative estimate of drug-likeness (QED) is 0.139. The molecular weight excluding hydrogens is 576 g/mol. The number of ketones is 1. The summed E-state index contributed by atoms with van der Waals surface area (Å²) in [6, 6.07) is 7.78. The Bertz CT molecular complexity index is 1550. The molecule has 2 aliphatic rings. The van der Waals surface area contributed by atoms with Crippen molar-refractivity contribution in [2.24, 2.45) is 0 Å². The topological polar surface area (TPSA) is 253 Å². The molecule has 0 saturated carbocycles. The lowest BCUT2D eigenvalue weighted by atomic mass is 9.95. The number of phenols is 6. The van der Waals surface area contributed by atoms with Crippen LogP contribution in [-0.2, 0) is 9.47 Å². The molecular formula is C28H26O15. The van der Waals surface area contributed by atoms with Crippen molar-refractivity contribution >= 4 is 11.8 Å². The van der Waals surface area contributed by atoms with E-state index >= 15 is 0 Å². The Labute approximate surface area is 241 Å². The van der Waals surface area contributed by atoms with E-state index in [1.165, 1.54) is 24.3 Å². The highest BCUT2D eigenvalue weighted by Gasteiger charge is 2.46. The van der Waals surface area contributed by atoms with Crippen LogP contribution < -0.4 is 9.47 Å². The third kappa shape index (κ3) is 5.74. The Hall–Kier alpha value is -4.96. The van der Waals surface area contributed by atoms with Gasteiger partial charge in [0.2, 0.25) is 6.29 Å². The van der Waals surface area contributed by atoms with Crippen LogP contribution in [0.4, 0.5) is 0 Å². The van der Waals surface area contributed by atoms with E-state index in [0.717, 1.165) is 18.2 Å². The first-order chi connectivity index (χ1) is 20.3. The van der Waals surface area contributed by atoms with Crippen LogP contribution in [0.1, 0.15) is 38.8 Å². The summed E-state index contributed by atoms with van der Waals surface area (Å²) < 4.78 is 22.0. The summed E-state index contributed by atoms with van der Waals surface area (Å²) in [6.07, 6.45) is -9.67. The van der Waals surface area contributed by atoms with Gasteiger partial charge in [-0.1, -0.05) is 6.07 Å². The van der Waals surface area contributed by atoms with Crippen LogP contribution in [-0.4, -0.2) is 95.0 Å². The molecule has 15 nitrogen and oxygen atoms in total. The molecule has 0 amide bonds. The number of aliphatic hydroxyl groups excluding tert-OH is 3. The molecule has 3 aromatic rings. The van der Waals surface area contributed by atoms with Gasteiger partial charge in [-0.2, -0.15) is 0 Å². The third-order valence-electron chi connectivity index (χ3n) is 6.95. The van der Waals surface area contributed by atoms with E-state index in [2.05, 4.69) is 0 Å². The number of aliphatic hydroxyl groups is 3. The summed E-state index contributed by atoms with van der Waals surface area (Å²) in [5, 5.41) is 89.8. The number of esters is 1. The number of fused-ring (bicyclic) bond motifs is 1. The number of carbonyl (C=O) groups excluding carboxylic acids is 2. The van der Waals surface area contributed by atoms with Crippen molar-refractivity contribution in [1.82, 2.24) is 0 Å². The van der Waals surface area contributed by atoms with Crippen molar-refractivity contribution in [2.75, 3.05) is 6.61 Å². The Balaban J connectivity index is 1.31. The van der Waals surface area contributed by atoms with Gasteiger partial charge in [0.05, 0.1) is 12.0 Å². The average molecular weight is 603 g/mol. The van der Waals surface area contributed by atoms with Gasteiger partial charge in [-0.3, -0.25) is 4.79 Å². The highest BCUT2D eigenvalue weighted by molar-refractivity contribution is 6.02. The minimum absolute atomic E-state index is 0.111. The molecule has 0 radical (unpaired) electrons. The maximum Gasteiger partial charge on any atom is 0.338 e. The molecule has 5 rings (SSSR count). The van der Waals surface area contributed by atoms with Crippen LogP contribution >= 0.6 is 0 Å². The van der Waals surface area contributed by atoms with Crippen LogP contribution in [0.15, 0.2) is 42.5 Å². The van der Waals surface area contributed by atoms with Gasteiger partial charge in [0.15, 0.2) is 34.5 Å². The Kier molecular flexibility index (Phi) is 7.81. The zero-order valence-corrected chi connectivity index (χ0v) is 21.9. The fourth-order valence-electron chi connectivity index (χ4n) is 4.66. The molecule has 228 valence electrons. The fraction of sp³-hybridized carbons (Fsp3) is 0.286. The van der Waals surface area contributed by atoms with E-state index in [1.807, 2.05) is 0 Å². The highest BCUT2D eigenvalue weighted by Crippen LogP contribution is 2.43. The molecule has 2 heterocycles. The number of benzene rings is 3. The molecule has 2 aliphatic heterocycles. The summed E-state index contributed by atoms with van der Waals surface area (Å²) in [6.45, 7) is -0.694. The van der Waals surface area contributed by atoms with Crippen LogP contribution in [0.2, 0.25) is 0 Å². The molecule has 6 atom stereocenters. The molecule has 0 bridgehead atoms. The molecule has 0 aromatic heterocycles. The molecule has 1 fully saturated rings. The number of ether oxygens (including phenoxy) is 4. The molecule has 0 aliphatic carbocycles. The lowest BCUT2D eigenvalue weighted by Gasteiger charge is -2.40. The fourth-order valence-corrected chi connectivity index (χ4v) is 4.66. The maximum atomic E-state index is 12.8. The van der Waals surface area contributed by atoms with Crippen molar-refractivity contribution in [2.45, 2.75) is 43.2 Å². The standard InChI is InChI=1S/C28H26O15/c29-13-2-1-10(3-14(13)30)19-8-16(32)22-15(31)6-12(7-20(22)42-19)41-28-26(38)25(37)24(36)21(43-28)9-40-27(39)11-4-17(33)23(35)18(34)5-11/h1-7,19,21,24-26,28-31,33-38H,8-9H2/t19-,21-,24+,25-,26+,28-/m0/s1. The zero-order valence-electron chi connectivity index (χ0n) is 21.9. The van der Waals surface area contributed by atoms with Crippen LogP contribution in [0.3, 0.4) is 0 Å². The molecule has 3 aromatic carbocycles. The molecule has 9 N–H and O–H groups in total. The monoisotopic (exact) mass is 602 g/mol. The number of aromatic hydroxyl groups is 6. The van der Waals surface area contributed by atoms with E-state index in [1.54, 1.807) is 0 Å². The van der Waals surface area contributed by atoms with Crippen molar-refractivity contribution in [3.05, 3.63) is 59.2 Å². The summed E-state index contributed by atoms with van der Waals surface area (Å²) in [7, 11) is 0. The molecule has 0 spiro atoms. The smallest absolute Gasteiger partial charge is 0.338 e. The van der Waals surface area contributed by atoms with Gasteiger partial charge in [0.25, 0.3) is 0 Å². The second-order valence-corrected chi connectivity index (χ2v) is 9.89. The number of hydrogen-bond donors (Lipinski definition) is 9. The van der Waals surface area contributed by atoms with Gasteiger partial charge in [-0.25, -0.2) is 4.79 Å². The largest absolute Gasteiger partial charge is 0.507 e. The highest BCUT2D eigenvalue weighted by atomic mass is 16.7. The molecule has 1 saturated heterocycles. The first-order valence-corrected chi connectivity index (χ1v) is 12.7. The second-order valence-electron chi connectivity index (χ2n) is 9.89. The average Bonchev–Trinajstić information content (AvgIpc) is 2.96. The van der Waals surface area contributed by atoms with Crippen molar-refractivity contribution in [1.29, 1.82) is 0 Å². The van der Waals surface area contributed by atoms with E-state index in [4.69, 9.17) is 18.9 Å². The van der Waals surface area contributed by atoms with E-state index in [-0.39, 0.29) is 34.8 Å². The van der Waals surface area contributed by atoms with Crippen molar-refractivity contribution in [3.63, 3.8) is 0 Å². The molecule has 43 heavy (non-hydrogen) atoms. The van der Waals surface area contributed by atoms with Gasteiger partial charge in [-0.15, -0.1) is 0 Å². The minimum atomic E-state index is -1.85. The van der Waals surface area contributed by atoms with Crippen LogP contribution in [0, 0.1) is 0 Å². The number of phenolic OH excluding ortho intramolecular Hbond substituents is 6. The predicted octanol–water partition coefficient (Wildman–Crippen LogP) is 0.670. The van der Waals surface area contributed by atoms with Crippen LogP contribution in [0.25, 0.3) is 0 Å². The summed E-state index contributed by atoms with van der Waals surface area (Å²) in [5.41, 5.74) is -0.145. The molecule has 0 unspecified atom stereocenters. The van der Waals surface area contributed by atoms with E-state index in [0.29, 0.717) is 5.56 Å². The van der Waals surface area contributed by atoms with Gasteiger partial charge in [0.1, 0.15) is 59.9 Å². The number of Topliss-reactive ketones (excluding diaryl/α,β-unsaturated/α-hetero) is 1. The first kappa shape index (κ1) is 29.5. The van der Waals surface area contributed by atoms with Gasteiger partial charge >= 0.3 is 5.97 Å². The predicted molar refractivity (Wildman–Crippen MR) is 139 cm³/mol. The van der Waals surface area contributed by atoms with E-state index < -0.39 is 83.9 Å². The number of hydrogen-bond acceptors (Lipinski definition) is 15. The maximum absolute atomic E-state index is 12.8. The zero-order chi connectivity index (χ0) is 31.2. The summed E-state index contributed by atoms with van der Waals surface area (Å²) in [5.74, 6) is -5.65. The third-order valence-corrected chi connectivity index (χ3v) is 6.95. The van der Waals surface area contributed by atoms with Gasteiger partial charge < -0.3 is 64.9 Å². The lowest BCUT2D eigenvalue weighted by molar-refractivity contribution is -0.277. The Morgan fingerprint density at radius 2 is 1.51 bits per heavy atom. The first-order valence-electron chi connectivity index (χ1n) is 12.7. The number of rotatable bonds is 6. The Morgan fingerprint density at radius 1 is 0.814 bits per heavy atom. The van der Waals surface area contributed by atoms with Gasteiger partial charge in [0, 0.05) is 12.1 Å². The van der Waals surface area contributed by atoms with Crippen molar-refractivity contribution < 1.29 is 74.5 Å². The van der Waals surface area contributed by atoms with Gasteiger partial charge in [-0.05, 0) is 29.8 Å². The second kappa shape index (κ2) is 11.4. The van der Waals surface area contributed by atoms with E-state index in [9.17, 15) is 55.5 Å². The van der Waals surface area contributed by atoms with Crippen molar-refractivity contribution in [3.8, 4) is 46.0 Å². The number of carbonyl (C=O) groups is 2. The summed E-state index contributed by atoms with van der Waals surface area (Å²) >= 11 is 0. The molecule has 15 heteroatoms.